The molecule has 0 aliphatic carbocycles. The third-order valence-corrected chi connectivity index (χ3v) is 3.51. The van der Waals surface area contributed by atoms with Gasteiger partial charge in [-0.05, 0) is 19.4 Å². The Morgan fingerprint density at radius 3 is 2.32 bits per heavy atom. The van der Waals surface area contributed by atoms with Crippen LogP contribution in [0.5, 0.6) is 0 Å². The molecule has 0 unspecified atom stereocenters. The number of nitrogens with zero attached hydrogens (tertiary/aromatic N) is 1. The molecule has 0 spiro atoms. The summed E-state index contributed by atoms with van der Waals surface area (Å²) in [6.45, 7) is 3.45. The zero-order valence-electron chi connectivity index (χ0n) is 13.9. The predicted octanol–water partition coefficient (Wildman–Crippen LogP) is 1.87. The van der Waals surface area contributed by atoms with Crippen molar-refractivity contribution in [3.8, 4) is 6.07 Å². The minimum atomic E-state index is -0.876. The van der Waals surface area contributed by atoms with Gasteiger partial charge in [0.15, 0.2) is 0 Å². The fourth-order valence-corrected chi connectivity index (χ4v) is 2.50. The van der Waals surface area contributed by atoms with Gasteiger partial charge in [0.1, 0.15) is 17.2 Å². The van der Waals surface area contributed by atoms with Gasteiger partial charge in [-0.25, -0.2) is 9.59 Å². The number of hydrogen-bond donors (Lipinski definition) is 1. The Morgan fingerprint density at radius 2 is 1.76 bits per heavy atom. The molecule has 0 saturated heterocycles. The number of benzene rings is 1. The van der Waals surface area contributed by atoms with E-state index in [1.54, 1.807) is 44.2 Å². The van der Waals surface area contributed by atoms with Gasteiger partial charge in [-0.15, -0.1) is 0 Å². The lowest BCUT2D eigenvalue weighted by Crippen LogP contribution is -2.29. The van der Waals surface area contributed by atoms with Crippen LogP contribution in [0.3, 0.4) is 0 Å². The highest BCUT2D eigenvalue weighted by atomic mass is 16.6. The van der Waals surface area contributed by atoms with E-state index in [2.05, 4.69) is 0 Å². The molecule has 7 nitrogen and oxygen atoms in total. The van der Waals surface area contributed by atoms with Gasteiger partial charge in [-0.3, -0.25) is 0 Å². The Balaban J connectivity index is 2.69. The van der Waals surface area contributed by atoms with Gasteiger partial charge < -0.3 is 19.9 Å². The van der Waals surface area contributed by atoms with E-state index in [-0.39, 0.29) is 36.0 Å². The van der Waals surface area contributed by atoms with Crippen molar-refractivity contribution in [1.82, 2.24) is 0 Å². The first-order valence-corrected chi connectivity index (χ1v) is 7.76. The van der Waals surface area contributed by atoms with E-state index in [1.807, 2.05) is 6.07 Å². The quantitative estimate of drug-likeness (QED) is 0.813. The van der Waals surface area contributed by atoms with Crippen molar-refractivity contribution in [2.75, 3.05) is 13.2 Å². The molecule has 0 bridgehead atoms. The molecule has 1 atom stereocenters. The highest BCUT2D eigenvalue weighted by molar-refractivity contribution is 6.01. The molecule has 0 fully saturated rings. The summed E-state index contributed by atoms with van der Waals surface area (Å²) >= 11 is 0. The summed E-state index contributed by atoms with van der Waals surface area (Å²) in [5, 5.41) is 9.49. The molecule has 1 aromatic rings. The molecule has 1 aliphatic rings. The second-order valence-corrected chi connectivity index (χ2v) is 5.02. The Morgan fingerprint density at radius 1 is 1.16 bits per heavy atom. The first-order valence-electron chi connectivity index (χ1n) is 7.76. The first kappa shape index (κ1) is 18.1. The third kappa shape index (κ3) is 3.63. The van der Waals surface area contributed by atoms with Gasteiger partial charge in [-0.1, -0.05) is 30.3 Å². The number of nitriles is 1. The van der Waals surface area contributed by atoms with E-state index in [4.69, 9.17) is 19.9 Å². The number of carbonyl (C=O) groups is 2. The normalized spacial score (nSPS) is 16.8. The summed E-state index contributed by atoms with van der Waals surface area (Å²) in [4.78, 5) is 24.8. The summed E-state index contributed by atoms with van der Waals surface area (Å²) in [5.74, 6) is -3.08. The SMILES string of the molecule is CCOC(=O)C1=C(C(=O)OCC)[C@H](c2ccccc2)C(C#N)=C(N)O1. The lowest BCUT2D eigenvalue weighted by atomic mass is 9.83. The predicted molar refractivity (Wildman–Crippen MR) is 87.4 cm³/mol. The lowest BCUT2D eigenvalue weighted by molar-refractivity contribution is -0.145. The van der Waals surface area contributed by atoms with Crippen molar-refractivity contribution in [1.29, 1.82) is 5.26 Å². The molecule has 2 N–H and O–H groups in total. The fraction of sp³-hybridized carbons (Fsp3) is 0.278. The van der Waals surface area contributed by atoms with Crippen LogP contribution in [0.2, 0.25) is 0 Å². The van der Waals surface area contributed by atoms with Crippen LogP contribution in [0, 0.1) is 11.3 Å². The van der Waals surface area contributed by atoms with Crippen molar-refractivity contribution >= 4 is 11.9 Å². The highest BCUT2D eigenvalue weighted by Gasteiger charge is 2.40. The van der Waals surface area contributed by atoms with Gasteiger partial charge in [0.05, 0.1) is 19.1 Å². The number of carbonyl (C=O) groups excluding carboxylic acids is 2. The van der Waals surface area contributed by atoms with Crippen LogP contribution < -0.4 is 5.73 Å². The second-order valence-electron chi connectivity index (χ2n) is 5.02. The summed E-state index contributed by atoms with van der Waals surface area (Å²) in [6, 6.07) is 10.7. The average Bonchev–Trinajstić information content (AvgIpc) is 2.61. The molecule has 25 heavy (non-hydrogen) atoms. The van der Waals surface area contributed by atoms with Crippen LogP contribution in [0.15, 0.2) is 53.1 Å². The maximum atomic E-state index is 12.5. The van der Waals surface area contributed by atoms with Crippen molar-refractivity contribution in [2.45, 2.75) is 19.8 Å². The summed E-state index contributed by atoms with van der Waals surface area (Å²) in [5.41, 5.74) is 6.36. The molecule has 0 aromatic heterocycles. The molecule has 2 rings (SSSR count). The maximum absolute atomic E-state index is 12.5. The smallest absolute Gasteiger partial charge is 0.374 e. The standard InChI is InChI=1S/C18H18N2O5/c1-3-23-17(21)14-13(11-8-6-5-7-9-11)12(10-19)16(20)25-15(14)18(22)24-4-2/h5-9,13H,3-4,20H2,1-2H3/t13-/m1/s1. The van der Waals surface area contributed by atoms with Gasteiger partial charge in [-0.2, -0.15) is 5.26 Å². The molecule has 7 heteroatoms. The average molecular weight is 342 g/mol. The summed E-state index contributed by atoms with van der Waals surface area (Å²) in [7, 11) is 0. The molecule has 1 aliphatic heterocycles. The van der Waals surface area contributed by atoms with E-state index in [1.165, 1.54) is 0 Å². The Hall–Kier alpha value is -3.27. The van der Waals surface area contributed by atoms with Crippen LogP contribution in [0.25, 0.3) is 0 Å². The Kier molecular flexibility index (Phi) is 5.79. The number of rotatable bonds is 5. The number of allylic oxidation sites excluding steroid dienone is 1. The van der Waals surface area contributed by atoms with Crippen LogP contribution in [-0.2, 0) is 23.8 Å². The fourth-order valence-electron chi connectivity index (χ4n) is 2.50. The molecule has 0 amide bonds. The van der Waals surface area contributed by atoms with Gasteiger partial charge >= 0.3 is 11.9 Å². The van der Waals surface area contributed by atoms with Crippen molar-refractivity contribution in [2.24, 2.45) is 5.73 Å². The number of nitrogens with two attached hydrogens (primary N) is 1. The molecular weight excluding hydrogens is 324 g/mol. The minimum absolute atomic E-state index is 0.0299. The van der Waals surface area contributed by atoms with Crippen LogP contribution in [-0.4, -0.2) is 25.2 Å². The highest BCUT2D eigenvalue weighted by Crippen LogP contribution is 2.39. The molecule has 0 radical (unpaired) electrons. The number of ether oxygens (including phenoxy) is 3. The van der Waals surface area contributed by atoms with Gasteiger partial charge in [0.25, 0.3) is 0 Å². The summed E-state index contributed by atoms with van der Waals surface area (Å²) in [6.07, 6.45) is 0. The molecular formula is C18H18N2O5. The maximum Gasteiger partial charge on any atom is 0.374 e. The number of esters is 2. The van der Waals surface area contributed by atoms with Crippen LogP contribution in [0.1, 0.15) is 25.3 Å². The third-order valence-electron chi connectivity index (χ3n) is 3.51. The first-order chi connectivity index (χ1) is 12.0. The van der Waals surface area contributed by atoms with E-state index in [0.29, 0.717) is 5.56 Å². The molecule has 1 heterocycles. The van der Waals surface area contributed by atoms with Crippen molar-refractivity contribution < 1.29 is 23.8 Å². The number of hydrogen-bond acceptors (Lipinski definition) is 7. The molecule has 1 aromatic carbocycles. The van der Waals surface area contributed by atoms with E-state index in [9.17, 15) is 14.9 Å². The van der Waals surface area contributed by atoms with Crippen molar-refractivity contribution in [3.63, 3.8) is 0 Å². The summed E-state index contributed by atoms with van der Waals surface area (Å²) < 4.78 is 15.3. The zero-order chi connectivity index (χ0) is 18.4. The van der Waals surface area contributed by atoms with Crippen LogP contribution in [0.4, 0.5) is 0 Å². The van der Waals surface area contributed by atoms with E-state index < -0.39 is 17.9 Å². The Labute approximate surface area is 145 Å². The lowest BCUT2D eigenvalue weighted by Gasteiger charge is -2.27. The van der Waals surface area contributed by atoms with E-state index >= 15 is 0 Å². The monoisotopic (exact) mass is 342 g/mol. The minimum Gasteiger partial charge on any atom is -0.462 e. The largest absolute Gasteiger partial charge is 0.462 e. The van der Waals surface area contributed by atoms with Crippen molar-refractivity contribution in [3.05, 3.63) is 58.7 Å². The molecule has 130 valence electrons. The Bertz CT molecular complexity index is 774. The van der Waals surface area contributed by atoms with Crippen LogP contribution >= 0.6 is 0 Å². The topological polar surface area (TPSA) is 112 Å². The van der Waals surface area contributed by atoms with Gasteiger partial charge in [0, 0.05) is 0 Å². The van der Waals surface area contributed by atoms with E-state index in [0.717, 1.165) is 0 Å². The second kappa shape index (κ2) is 8.02. The zero-order valence-corrected chi connectivity index (χ0v) is 13.9. The molecule has 0 saturated carbocycles. The van der Waals surface area contributed by atoms with Gasteiger partial charge in [0.2, 0.25) is 11.6 Å².